The number of sulfonamides is 1. The lowest BCUT2D eigenvalue weighted by atomic mass is 10.4. The standard InChI is InChI=1S/C5H12NO2S/c1-5(2)6(3)9(4,7)8/h5H,4H2,1-3H3/q-1. The second-order valence-electron chi connectivity index (χ2n) is 2.22. The minimum absolute atomic E-state index is 0.00694. The van der Waals surface area contributed by atoms with E-state index in [2.05, 4.69) is 6.26 Å². The average Bonchev–Trinajstić information content (AvgIpc) is 1.62. The van der Waals surface area contributed by atoms with E-state index in [0.29, 0.717) is 0 Å². The van der Waals surface area contributed by atoms with E-state index >= 15 is 0 Å². The van der Waals surface area contributed by atoms with E-state index in [1.165, 1.54) is 11.4 Å². The Morgan fingerprint density at radius 2 is 1.78 bits per heavy atom. The van der Waals surface area contributed by atoms with Crippen molar-refractivity contribution in [3.63, 3.8) is 0 Å². The van der Waals surface area contributed by atoms with Gasteiger partial charge in [0, 0.05) is 6.04 Å². The van der Waals surface area contributed by atoms with Gasteiger partial charge in [0.15, 0.2) is 0 Å². The van der Waals surface area contributed by atoms with Gasteiger partial charge >= 0.3 is 0 Å². The Kier molecular flexibility index (Phi) is 2.64. The Bertz CT molecular complexity index is 171. The zero-order valence-corrected chi connectivity index (χ0v) is 6.77. The molecule has 0 spiro atoms. The molecule has 0 atom stereocenters. The topological polar surface area (TPSA) is 37.4 Å². The van der Waals surface area contributed by atoms with Gasteiger partial charge in [-0.05, 0) is 20.9 Å². The van der Waals surface area contributed by atoms with Crippen LogP contribution >= 0.6 is 0 Å². The third kappa shape index (κ3) is 2.81. The number of nitrogens with zero attached hydrogens (tertiary/aromatic N) is 1. The third-order valence-electron chi connectivity index (χ3n) is 1.17. The molecular formula is C5H12NO2S-. The van der Waals surface area contributed by atoms with Gasteiger partial charge in [-0.15, -0.1) is 0 Å². The molecule has 0 rings (SSSR count). The molecule has 0 aliphatic heterocycles. The van der Waals surface area contributed by atoms with Gasteiger partial charge in [-0.2, -0.15) is 0 Å². The molecule has 0 N–H and O–H groups in total. The highest BCUT2D eigenvalue weighted by Gasteiger charge is 2.07. The predicted molar refractivity (Wildman–Crippen MR) is 37.2 cm³/mol. The lowest BCUT2D eigenvalue weighted by Gasteiger charge is -2.22. The highest BCUT2D eigenvalue weighted by molar-refractivity contribution is 7.90. The zero-order chi connectivity index (χ0) is 7.65. The average molecular weight is 150 g/mol. The van der Waals surface area contributed by atoms with E-state index in [-0.39, 0.29) is 6.04 Å². The molecule has 0 aromatic carbocycles. The van der Waals surface area contributed by atoms with Crippen LogP contribution < -0.4 is 0 Å². The lowest BCUT2D eigenvalue weighted by Crippen LogP contribution is -2.30. The number of hydrogen-bond donors (Lipinski definition) is 0. The molecule has 3 nitrogen and oxygen atoms in total. The van der Waals surface area contributed by atoms with E-state index in [1.807, 2.05) is 0 Å². The molecule has 0 unspecified atom stereocenters. The third-order valence-corrected chi connectivity index (χ3v) is 2.47. The molecule has 0 heterocycles. The first kappa shape index (κ1) is 8.91. The highest BCUT2D eigenvalue weighted by Crippen LogP contribution is 2.00. The molecule has 0 bridgehead atoms. The van der Waals surface area contributed by atoms with Crippen LogP contribution in [0, 0.1) is 6.26 Å². The molecule has 0 aliphatic carbocycles. The summed E-state index contributed by atoms with van der Waals surface area (Å²) in [5, 5.41) is 0. The quantitative estimate of drug-likeness (QED) is 0.536. The van der Waals surface area contributed by atoms with Crippen molar-refractivity contribution in [2.75, 3.05) is 7.05 Å². The summed E-state index contributed by atoms with van der Waals surface area (Å²) < 4.78 is 22.4. The summed E-state index contributed by atoms with van der Waals surface area (Å²) >= 11 is 0. The molecule has 0 aromatic heterocycles. The molecule has 0 aliphatic rings. The van der Waals surface area contributed by atoms with E-state index in [1.54, 1.807) is 13.8 Å². The van der Waals surface area contributed by atoms with Crippen molar-refractivity contribution >= 4 is 10.0 Å². The Hall–Kier alpha value is -0.0900. The largest absolute Gasteiger partial charge is 0.247 e. The van der Waals surface area contributed by atoms with Crippen LogP contribution in [-0.2, 0) is 10.0 Å². The fourth-order valence-corrected chi connectivity index (χ4v) is 0.964. The molecular weight excluding hydrogens is 138 g/mol. The summed E-state index contributed by atoms with van der Waals surface area (Å²) in [5.41, 5.74) is 0. The van der Waals surface area contributed by atoms with Gasteiger partial charge in [0.1, 0.15) is 0 Å². The fourth-order valence-electron chi connectivity index (χ4n) is 0.321. The minimum atomic E-state index is -3.22. The molecule has 0 amide bonds. The van der Waals surface area contributed by atoms with Crippen LogP contribution in [0.15, 0.2) is 0 Å². The molecule has 0 radical (unpaired) electrons. The molecule has 0 fully saturated rings. The maximum atomic E-state index is 10.6. The summed E-state index contributed by atoms with van der Waals surface area (Å²) in [4.78, 5) is 0. The lowest BCUT2D eigenvalue weighted by molar-refractivity contribution is 0.416. The van der Waals surface area contributed by atoms with Crippen molar-refractivity contribution in [3.8, 4) is 0 Å². The molecule has 0 saturated heterocycles. The first-order chi connectivity index (χ1) is 3.85. The summed E-state index contributed by atoms with van der Waals surface area (Å²) in [6.07, 6.45) is 2.99. The van der Waals surface area contributed by atoms with Gasteiger partial charge in [0.2, 0.25) is 0 Å². The first-order valence-corrected chi connectivity index (χ1v) is 4.27. The maximum absolute atomic E-state index is 10.6. The van der Waals surface area contributed by atoms with Gasteiger partial charge in [-0.25, -0.2) is 19.0 Å². The Balaban J connectivity index is 4.24. The van der Waals surface area contributed by atoms with Gasteiger partial charge in [0.25, 0.3) is 0 Å². The molecule has 0 saturated carbocycles. The smallest absolute Gasteiger partial charge is 0.0821 e. The Labute approximate surface area is 56.7 Å². The van der Waals surface area contributed by atoms with Crippen LogP contribution in [-0.4, -0.2) is 25.8 Å². The van der Waals surface area contributed by atoms with Crippen molar-refractivity contribution in [3.05, 3.63) is 6.26 Å². The predicted octanol–water partition coefficient (Wildman–Crippen LogP) is 0.448. The van der Waals surface area contributed by atoms with Crippen molar-refractivity contribution < 1.29 is 8.42 Å². The molecule has 9 heavy (non-hydrogen) atoms. The molecule has 4 heteroatoms. The second kappa shape index (κ2) is 2.66. The van der Waals surface area contributed by atoms with Crippen LogP contribution in [0.25, 0.3) is 0 Å². The minimum Gasteiger partial charge on any atom is -0.247 e. The summed E-state index contributed by atoms with van der Waals surface area (Å²) in [6.45, 7) is 3.59. The SMILES string of the molecule is [CH2-]S(=O)(=O)N(C)C(C)C. The van der Waals surface area contributed by atoms with Crippen LogP contribution in [0.4, 0.5) is 0 Å². The molecule has 56 valence electrons. The number of hydrogen-bond acceptors (Lipinski definition) is 2. The Morgan fingerprint density at radius 1 is 1.44 bits per heavy atom. The molecule has 0 aromatic rings. The van der Waals surface area contributed by atoms with Crippen molar-refractivity contribution in [1.29, 1.82) is 0 Å². The van der Waals surface area contributed by atoms with Crippen molar-refractivity contribution in [1.82, 2.24) is 4.31 Å². The summed E-state index contributed by atoms with van der Waals surface area (Å²) in [6, 6.07) is -0.00694. The zero-order valence-electron chi connectivity index (χ0n) is 5.96. The monoisotopic (exact) mass is 150 g/mol. The summed E-state index contributed by atoms with van der Waals surface area (Å²) in [7, 11) is -1.71. The Morgan fingerprint density at radius 3 is 1.78 bits per heavy atom. The first-order valence-electron chi connectivity index (χ1n) is 2.66. The van der Waals surface area contributed by atoms with Gasteiger partial charge in [-0.3, -0.25) is 0 Å². The van der Waals surface area contributed by atoms with E-state index in [0.717, 1.165) is 0 Å². The normalized spacial score (nSPS) is 13.1. The van der Waals surface area contributed by atoms with Crippen molar-refractivity contribution in [2.45, 2.75) is 19.9 Å². The van der Waals surface area contributed by atoms with Crippen LogP contribution in [0.5, 0.6) is 0 Å². The highest BCUT2D eigenvalue weighted by atomic mass is 32.2. The second-order valence-corrected chi connectivity index (χ2v) is 3.96. The van der Waals surface area contributed by atoms with Crippen molar-refractivity contribution in [2.24, 2.45) is 0 Å². The van der Waals surface area contributed by atoms with Gasteiger partial charge in [-0.1, -0.05) is 0 Å². The van der Waals surface area contributed by atoms with Crippen LogP contribution in [0.3, 0.4) is 0 Å². The van der Waals surface area contributed by atoms with Gasteiger partial charge < -0.3 is 0 Å². The van der Waals surface area contributed by atoms with Crippen LogP contribution in [0.1, 0.15) is 13.8 Å². The fraction of sp³-hybridized carbons (Fsp3) is 0.800. The maximum Gasteiger partial charge on any atom is 0.0821 e. The van der Waals surface area contributed by atoms with E-state index in [9.17, 15) is 8.42 Å². The van der Waals surface area contributed by atoms with E-state index in [4.69, 9.17) is 0 Å². The van der Waals surface area contributed by atoms with Gasteiger partial charge in [0.05, 0.1) is 10.0 Å². The van der Waals surface area contributed by atoms with E-state index < -0.39 is 10.0 Å². The van der Waals surface area contributed by atoms with Crippen LogP contribution in [0.2, 0.25) is 0 Å². The number of rotatable bonds is 2. The summed E-state index contributed by atoms with van der Waals surface area (Å²) in [5.74, 6) is 0.